The van der Waals surface area contributed by atoms with E-state index in [-0.39, 0.29) is 48.0 Å². The molecule has 1 amide bonds. The fraction of sp³-hybridized carbons (Fsp3) is 0.333. The number of benzene rings is 2. The van der Waals surface area contributed by atoms with Gasteiger partial charge in [-0.1, -0.05) is 23.7 Å². The van der Waals surface area contributed by atoms with E-state index in [0.29, 0.717) is 22.3 Å². The lowest BCUT2D eigenvalue weighted by molar-refractivity contribution is -0.141. The minimum absolute atomic E-state index is 0.00329. The number of thioether (sulfide) groups is 1. The molecule has 0 radical (unpaired) electrons. The van der Waals surface area contributed by atoms with Crippen molar-refractivity contribution in [2.24, 2.45) is 0 Å². The number of Topliss-reactive ketones (excluding diaryl/α,β-unsaturated/α-hetero) is 1. The second-order valence-corrected chi connectivity index (χ2v) is 10.3. The lowest BCUT2D eigenvalue weighted by Gasteiger charge is -2.24. The van der Waals surface area contributed by atoms with Crippen LogP contribution >= 0.6 is 23.4 Å². The van der Waals surface area contributed by atoms with Crippen LogP contribution in [0.5, 0.6) is 11.5 Å². The Kier molecular flexibility index (Phi) is 8.96. The first-order valence-corrected chi connectivity index (χ1v) is 13.2. The molecule has 200 valence electrons. The number of nitrogens with one attached hydrogen (secondary N) is 1. The molecule has 2 heterocycles. The summed E-state index contributed by atoms with van der Waals surface area (Å²) in [6.45, 7) is -0.162. The molecule has 3 aromatic rings. The number of rotatable bonds is 10. The molecule has 11 heteroatoms. The van der Waals surface area contributed by atoms with E-state index in [0.717, 1.165) is 16.8 Å². The molecule has 9 nitrogen and oxygen atoms in total. The van der Waals surface area contributed by atoms with Crippen molar-refractivity contribution in [3.63, 3.8) is 0 Å². The highest BCUT2D eigenvalue weighted by Crippen LogP contribution is 2.53. The Balaban J connectivity index is 1.64. The number of imidazole rings is 1. The number of ketones is 1. The lowest BCUT2D eigenvalue weighted by Crippen LogP contribution is -2.30. The van der Waals surface area contributed by atoms with Gasteiger partial charge in [-0.3, -0.25) is 14.4 Å². The average molecular weight is 558 g/mol. The maximum absolute atomic E-state index is 13.0. The summed E-state index contributed by atoms with van der Waals surface area (Å²) in [7, 11) is 4.44. The molecular weight excluding hydrogens is 530 g/mol. The van der Waals surface area contributed by atoms with Gasteiger partial charge in [-0.2, -0.15) is 0 Å². The van der Waals surface area contributed by atoms with E-state index >= 15 is 0 Å². The van der Waals surface area contributed by atoms with Crippen LogP contribution < -0.4 is 14.8 Å². The molecule has 1 aromatic heterocycles. The number of ether oxygens (including phenoxy) is 3. The number of hydrogen-bond acceptors (Lipinski definition) is 8. The molecule has 2 atom stereocenters. The fourth-order valence-electron chi connectivity index (χ4n) is 4.38. The third-order valence-electron chi connectivity index (χ3n) is 6.19. The van der Waals surface area contributed by atoms with Gasteiger partial charge in [0.25, 0.3) is 0 Å². The van der Waals surface area contributed by atoms with Gasteiger partial charge in [0.2, 0.25) is 5.91 Å². The smallest absolute Gasteiger partial charge is 0.305 e. The van der Waals surface area contributed by atoms with E-state index in [9.17, 15) is 14.4 Å². The Morgan fingerprint density at radius 3 is 2.63 bits per heavy atom. The molecule has 1 aliphatic rings. The van der Waals surface area contributed by atoms with Crippen LogP contribution in [0.2, 0.25) is 5.02 Å². The molecule has 0 fully saturated rings. The summed E-state index contributed by atoms with van der Waals surface area (Å²) in [6.07, 6.45) is 3.61. The van der Waals surface area contributed by atoms with Gasteiger partial charge in [0.05, 0.1) is 50.5 Å². The number of halogens is 1. The van der Waals surface area contributed by atoms with Crippen LogP contribution in [-0.4, -0.2) is 55.1 Å². The summed E-state index contributed by atoms with van der Waals surface area (Å²) in [5.41, 5.74) is 2.70. The summed E-state index contributed by atoms with van der Waals surface area (Å²) in [4.78, 5) is 41.0. The highest BCUT2D eigenvalue weighted by atomic mass is 35.5. The van der Waals surface area contributed by atoms with Gasteiger partial charge in [0.1, 0.15) is 5.82 Å². The number of amides is 1. The van der Waals surface area contributed by atoms with Gasteiger partial charge in [0, 0.05) is 35.8 Å². The first kappa shape index (κ1) is 27.5. The Morgan fingerprint density at radius 1 is 1.08 bits per heavy atom. The van der Waals surface area contributed by atoms with Crippen LogP contribution in [0.4, 0.5) is 0 Å². The average Bonchev–Trinajstić information content (AvgIpc) is 3.37. The molecule has 2 aromatic carbocycles. The van der Waals surface area contributed by atoms with Gasteiger partial charge in [-0.15, -0.1) is 11.8 Å². The highest BCUT2D eigenvalue weighted by Gasteiger charge is 2.34. The van der Waals surface area contributed by atoms with Gasteiger partial charge < -0.3 is 24.1 Å². The topological polar surface area (TPSA) is 109 Å². The van der Waals surface area contributed by atoms with E-state index in [2.05, 4.69) is 15.0 Å². The lowest BCUT2D eigenvalue weighted by atomic mass is 10.0. The van der Waals surface area contributed by atoms with Gasteiger partial charge in [-0.25, -0.2) is 4.98 Å². The largest absolute Gasteiger partial charge is 0.493 e. The number of nitrogens with zero attached hydrogens (tertiary/aromatic N) is 2. The number of carbonyl (C=O) groups is 3. The number of hydrogen-bond donors (Lipinski definition) is 1. The Hall–Kier alpha value is -3.50. The van der Waals surface area contributed by atoms with Crippen molar-refractivity contribution < 1.29 is 28.6 Å². The van der Waals surface area contributed by atoms with Gasteiger partial charge >= 0.3 is 5.97 Å². The standard InChI is InChI=1S/C27H28ClN3O6S/c1-35-21-6-4-5-18(25(21)37-3)26-19-13-16(28)7-9-20(19)31-12-11-29-27(31)22(38-26)14-23(33)30-15-17(32)8-10-24(34)36-2/h4-7,9,11-13,22,26H,8,10,14-15H2,1-3H3,(H,30,33). The van der Waals surface area contributed by atoms with E-state index in [4.69, 9.17) is 21.1 Å². The second-order valence-electron chi connectivity index (χ2n) is 8.54. The predicted molar refractivity (Wildman–Crippen MR) is 144 cm³/mol. The minimum atomic E-state index is -0.468. The number of esters is 1. The summed E-state index contributed by atoms with van der Waals surface area (Å²) >= 11 is 8.00. The van der Waals surface area contributed by atoms with E-state index in [1.54, 1.807) is 32.2 Å². The molecule has 0 aliphatic carbocycles. The van der Waals surface area contributed by atoms with Crippen LogP contribution in [0.3, 0.4) is 0 Å². The van der Waals surface area contributed by atoms with Crippen molar-refractivity contribution in [2.45, 2.75) is 29.8 Å². The molecule has 0 bridgehead atoms. The number of aromatic nitrogens is 2. The first-order valence-electron chi connectivity index (χ1n) is 11.9. The molecule has 1 aliphatic heterocycles. The zero-order valence-corrected chi connectivity index (χ0v) is 22.8. The zero-order chi connectivity index (χ0) is 27.2. The van der Waals surface area contributed by atoms with Gasteiger partial charge in [0.15, 0.2) is 17.3 Å². The maximum Gasteiger partial charge on any atom is 0.305 e. The molecule has 1 N–H and O–H groups in total. The summed E-state index contributed by atoms with van der Waals surface area (Å²) in [5, 5.41) is 2.64. The summed E-state index contributed by atoms with van der Waals surface area (Å²) in [5.74, 6) is 0.872. The van der Waals surface area contributed by atoms with Crippen LogP contribution in [-0.2, 0) is 19.1 Å². The SMILES string of the molecule is COC(=O)CCC(=O)CNC(=O)CC1SC(c2cccc(OC)c2OC)c2cc(Cl)ccc2-n2ccnc21. The predicted octanol–water partition coefficient (Wildman–Crippen LogP) is 4.45. The third kappa shape index (κ3) is 5.97. The molecule has 0 spiro atoms. The van der Waals surface area contributed by atoms with Crippen molar-refractivity contribution in [3.05, 3.63) is 70.8 Å². The Labute approximate surface area is 229 Å². The monoisotopic (exact) mass is 557 g/mol. The summed E-state index contributed by atoms with van der Waals surface area (Å²) in [6, 6.07) is 11.4. The normalized spacial score (nSPS) is 16.0. The fourth-order valence-corrected chi connectivity index (χ4v) is 6.10. The maximum atomic E-state index is 13.0. The van der Waals surface area contributed by atoms with Crippen LogP contribution in [0, 0.1) is 0 Å². The second kappa shape index (κ2) is 12.4. The van der Waals surface area contributed by atoms with Crippen molar-refractivity contribution >= 4 is 41.0 Å². The number of carbonyl (C=O) groups excluding carboxylic acids is 3. The third-order valence-corrected chi connectivity index (χ3v) is 7.92. The quantitative estimate of drug-likeness (QED) is 0.364. The van der Waals surface area contributed by atoms with Crippen LogP contribution in [0.1, 0.15) is 46.7 Å². The first-order chi connectivity index (χ1) is 18.4. The molecule has 38 heavy (non-hydrogen) atoms. The molecule has 0 saturated carbocycles. The number of methoxy groups -OCH3 is 3. The van der Waals surface area contributed by atoms with Crippen molar-refractivity contribution in [1.82, 2.24) is 14.9 Å². The Bertz CT molecular complexity index is 1340. The van der Waals surface area contributed by atoms with Crippen molar-refractivity contribution in [3.8, 4) is 17.2 Å². The van der Waals surface area contributed by atoms with Crippen LogP contribution in [0.15, 0.2) is 48.8 Å². The Morgan fingerprint density at radius 2 is 1.89 bits per heavy atom. The number of fused-ring (bicyclic) bond motifs is 3. The molecular formula is C27H28ClN3O6S. The zero-order valence-electron chi connectivity index (χ0n) is 21.2. The van der Waals surface area contributed by atoms with Crippen LogP contribution in [0.25, 0.3) is 5.69 Å². The van der Waals surface area contributed by atoms with E-state index < -0.39 is 5.97 Å². The van der Waals surface area contributed by atoms with E-state index in [1.807, 2.05) is 47.2 Å². The minimum Gasteiger partial charge on any atom is -0.493 e. The molecule has 0 saturated heterocycles. The van der Waals surface area contributed by atoms with E-state index in [1.165, 1.54) is 7.11 Å². The summed E-state index contributed by atoms with van der Waals surface area (Å²) < 4.78 is 17.8. The van der Waals surface area contributed by atoms with Crippen molar-refractivity contribution in [2.75, 3.05) is 27.9 Å². The molecule has 4 rings (SSSR count). The van der Waals surface area contributed by atoms with Crippen molar-refractivity contribution in [1.29, 1.82) is 0 Å². The molecule has 2 unspecified atom stereocenters. The highest BCUT2D eigenvalue weighted by molar-refractivity contribution is 8.00. The number of para-hydroxylation sites is 1. The van der Waals surface area contributed by atoms with Gasteiger partial charge in [-0.05, 0) is 29.8 Å².